The minimum atomic E-state index is -0.461. The summed E-state index contributed by atoms with van der Waals surface area (Å²) in [4.78, 5) is 24.1. The molecule has 120 valence electrons. The van der Waals surface area contributed by atoms with Gasteiger partial charge in [0, 0.05) is 5.69 Å². The van der Waals surface area contributed by atoms with Crippen molar-refractivity contribution in [1.29, 1.82) is 0 Å². The summed E-state index contributed by atoms with van der Waals surface area (Å²) in [5.41, 5.74) is 2.54. The van der Waals surface area contributed by atoms with Crippen LogP contribution in [0.3, 0.4) is 0 Å². The zero-order valence-electron chi connectivity index (χ0n) is 13.3. The van der Waals surface area contributed by atoms with E-state index in [4.69, 9.17) is 4.74 Å². The number of nitrogens with one attached hydrogen (secondary N) is 2. The monoisotopic (exact) mass is 312 g/mol. The van der Waals surface area contributed by atoms with Crippen molar-refractivity contribution in [3.63, 3.8) is 0 Å². The Bertz CT molecular complexity index is 698. The van der Waals surface area contributed by atoms with Crippen LogP contribution in [0.25, 0.3) is 0 Å². The van der Waals surface area contributed by atoms with Crippen LogP contribution in [-0.4, -0.2) is 18.6 Å². The standard InChI is InChI=1S/C18H20N2O3/c1-3-13-9-5-7-11-15(13)19-18(22)20-16-12-8-6-10-14(16)17(21)23-4-2/h5-12H,3-4H2,1-2H3,(H2,19,20,22). The van der Waals surface area contributed by atoms with Crippen molar-refractivity contribution < 1.29 is 14.3 Å². The normalized spacial score (nSPS) is 10.0. The van der Waals surface area contributed by atoms with Gasteiger partial charge in [-0.2, -0.15) is 0 Å². The van der Waals surface area contributed by atoms with Gasteiger partial charge >= 0.3 is 12.0 Å². The molecule has 2 aromatic rings. The quantitative estimate of drug-likeness (QED) is 0.818. The molecule has 0 fully saturated rings. The highest BCUT2D eigenvalue weighted by atomic mass is 16.5. The van der Waals surface area contributed by atoms with E-state index >= 15 is 0 Å². The van der Waals surface area contributed by atoms with E-state index in [0.717, 1.165) is 17.7 Å². The molecule has 0 bridgehead atoms. The minimum absolute atomic E-state index is 0.281. The largest absolute Gasteiger partial charge is 0.462 e. The van der Waals surface area contributed by atoms with Crippen LogP contribution < -0.4 is 10.6 Å². The summed E-state index contributed by atoms with van der Waals surface area (Å²) >= 11 is 0. The van der Waals surface area contributed by atoms with E-state index in [-0.39, 0.29) is 6.61 Å². The van der Waals surface area contributed by atoms with Gasteiger partial charge in [-0.1, -0.05) is 37.3 Å². The summed E-state index contributed by atoms with van der Waals surface area (Å²) in [5.74, 6) is -0.461. The number of ether oxygens (including phenoxy) is 1. The van der Waals surface area contributed by atoms with Crippen LogP contribution in [0, 0.1) is 0 Å². The Morgan fingerprint density at radius 1 is 0.913 bits per heavy atom. The molecular weight excluding hydrogens is 292 g/mol. The topological polar surface area (TPSA) is 67.4 Å². The van der Waals surface area contributed by atoms with E-state index in [9.17, 15) is 9.59 Å². The summed E-state index contributed by atoms with van der Waals surface area (Å²) in [7, 11) is 0. The number of benzene rings is 2. The van der Waals surface area contributed by atoms with Gasteiger partial charge in [-0.05, 0) is 37.1 Å². The molecule has 2 amide bonds. The highest BCUT2D eigenvalue weighted by molar-refractivity contribution is 6.05. The summed E-state index contributed by atoms with van der Waals surface area (Å²) < 4.78 is 4.99. The number of amides is 2. The van der Waals surface area contributed by atoms with Gasteiger partial charge in [0.25, 0.3) is 0 Å². The number of urea groups is 1. The molecule has 0 aliphatic carbocycles. The Kier molecular flexibility index (Phi) is 5.74. The van der Waals surface area contributed by atoms with Gasteiger partial charge in [0.1, 0.15) is 0 Å². The third-order valence-electron chi connectivity index (χ3n) is 3.32. The van der Waals surface area contributed by atoms with Crippen LogP contribution in [0.1, 0.15) is 29.8 Å². The average Bonchev–Trinajstić information content (AvgIpc) is 2.56. The maximum Gasteiger partial charge on any atom is 0.340 e. The first-order chi connectivity index (χ1) is 11.2. The Hall–Kier alpha value is -2.82. The Morgan fingerprint density at radius 2 is 1.52 bits per heavy atom. The van der Waals surface area contributed by atoms with Gasteiger partial charge in [-0.15, -0.1) is 0 Å². The van der Waals surface area contributed by atoms with Gasteiger partial charge in [-0.3, -0.25) is 0 Å². The first kappa shape index (κ1) is 16.5. The molecule has 0 unspecified atom stereocenters. The second-order valence-corrected chi connectivity index (χ2v) is 4.86. The molecule has 2 rings (SSSR count). The second kappa shape index (κ2) is 7.98. The van der Waals surface area contributed by atoms with E-state index in [1.165, 1.54) is 0 Å². The van der Waals surface area contributed by atoms with Crippen LogP contribution in [0.15, 0.2) is 48.5 Å². The molecule has 0 aliphatic rings. The molecule has 0 aliphatic heterocycles. The minimum Gasteiger partial charge on any atom is -0.462 e. The van der Waals surface area contributed by atoms with E-state index in [0.29, 0.717) is 11.3 Å². The van der Waals surface area contributed by atoms with E-state index < -0.39 is 12.0 Å². The van der Waals surface area contributed by atoms with Crippen LogP contribution >= 0.6 is 0 Å². The highest BCUT2D eigenvalue weighted by Crippen LogP contribution is 2.19. The zero-order valence-corrected chi connectivity index (χ0v) is 13.3. The number of rotatable bonds is 5. The first-order valence-electron chi connectivity index (χ1n) is 7.57. The Morgan fingerprint density at radius 3 is 2.22 bits per heavy atom. The number of para-hydroxylation sites is 2. The van der Waals surface area contributed by atoms with E-state index in [1.807, 2.05) is 31.2 Å². The van der Waals surface area contributed by atoms with Gasteiger partial charge < -0.3 is 15.4 Å². The molecule has 0 aromatic heterocycles. The second-order valence-electron chi connectivity index (χ2n) is 4.86. The number of hydrogen-bond donors (Lipinski definition) is 2. The van der Waals surface area contributed by atoms with Crippen LogP contribution in [-0.2, 0) is 11.2 Å². The lowest BCUT2D eigenvalue weighted by Crippen LogP contribution is -2.22. The lowest BCUT2D eigenvalue weighted by molar-refractivity contribution is 0.0527. The third kappa shape index (κ3) is 4.32. The fourth-order valence-corrected chi connectivity index (χ4v) is 2.21. The molecule has 23 heavy (non-hydrogen) atoms. The van der Waals surface area contributed by atoms with Crippen LogP contribution in [0.4, 0.5) is 16.2 Å². The van der Waals surface area contributed by atoms with Crippen LogP contribution in [0.2, 0.25) is 0 Å². The van der Waals surface area contributed by atoms with Crippen molar-refractivity contribution in [3.05, 3.63) is 59.7 Å². The number of aryl methyl sites for hydroxylation is 1. The molecule has 0 heterocycles. The molecule has 5 heteroatoms. The van der Waals surface area contributed by atoms with Crippen molar-refractivity contribution in [2.45, 2.75) is 20.3 Å². The fourth-order valence-electron chi connectivity index (χ4n) is 2.21. The number of anilines is 2. The predicted molar refractivity (Wildman–Crippen MR) is 90.9 cm³/mol. The predicted octanol–water partition coefficient (Wildman–Crippen LogP) is 4.07. The Labute approximate surface area is 135 Å². The molecule has 2 N–H and O–H groups in total. The lowest BCUT2D eigenvalue weighted by atomic mass is 10.1. The summed E-state index contributed by atoms with van der Waals surface area (Å²) in [6.07, 6.45) is 0.815. The smallest absolute Gasteiger partial charge is 0.340 e. The molecular formula is C18H20N2O3. The van der Waals surface area contributed by atoms with Gasteiger partial charge in [0.15, 0.2) is 0 Å². The molecule has 5 nitrogen and oxygen atoms in total. The van der Waals surface area contributed by atoms with Gasteiger partial charge in [0.05, 0.1) is 17.9 Å². The Balaban J connectivity index is 2.13. The number of carbonyl (C=O) groups excluding carboxylic acids is 2. The molecule has 2 aromatic carbocycles. The summed E-state index contributed by atoms with van der Waals surface area (Å²) in [6.45, 7) is 4.04. The zero-order chi connectivity index (χ0) is 16.7. The fraction of sp³-hybridized carbons (Fsp3) is 0.222. The molecule has 0 saturated heterocycles. The molecule has 0 saturated carbocycles. The lowest BCUT2D eigenvalue weighted by Gasteiger charge is -2.13. The van der Waals surface area contributed by atoms with Crippen molar-refractivity contribution in [1.82, 2.24) is 0 Å². The van der Waals surface area contributed by atoms with Crippen molar-refractivity contribution >= 4 is 23.4 Å². The van der Waals surface area contributed by atoms with E-state index in [1.54, 1.807) is 31.2 Å². The van der Waals surface area contributed by atoms with Crippen molar-refractivity contribution in [3.8, 4) is 0 Å². The average molecular weight is 312 g/mol. The maximum absolute atomic E-state index is 12.2. The number of esters is 1. The van der Waals surface area contributed by atoms with Crippen molar-refractivity contribution in [2.24, 2.45) is 0 Å². The maximum atomic E-state index is 12.2. The molecule has 0 spiro atoms. The first-order valence-corrected chi connectivity index (χ1v) is 7.57. The number of hydrogen-bond acceptors (Lipinski definition) is 3. The van der Waals surface area contributed by atoms with Gasteiger partial charge in [0.2, 0.25) is 0 Å². The van der Waals surface area contributed by atoms with Crippen molar-refractivity contribution in [2.75, 3.05) is 17.2 Å². The third-order valence-corrected chi connectivity index (χ3v) is 3.32. The summed E-state index contributed by atoms with van der Waals surface area (Å²) in [5, 5.41) is 5.50. The van der Waals surface area contributed by atoms with Crippen LogP contribution in [0.5, 0.6) is 0 Å². The van der Waals surface area contributed by atoms with E-state index in [2.05, 4.69) is 10.6 Å². The molecule has 0 atom stereocenters. The SMILES string of the molecule is CCOC(=O)c1ccccc1NC(=O)Nc1ccccc1CC. The highest BCUT2D eigenvalue weighted by Gasteiger charge is 2.14. The van der Waals surface area contributed by atoms with Gasteiger partial charge in [-0.25, -0.2) is 9.59 Å². The summed E-state index contributed by atoms with van der Waals surface area (Å²) in [6, 6.07) is 13.9. The molecule has 0 radical (unpaired) electrons. The number of carbonyl (C=O) groups is 2.